The first kappa shape index (κ1) is 13.1. The highest BCUT2D eigenvalue weighted by Crippen LogP contribution is 2.28. The lowest BCUT2D eigenvalue weighted by molar-refractivity contribution is 0.493. The number of aryl methyl sites for hydroxylation is 2. The quantitative estimate of drug-likeness (QED) is 0.927. The first-order valence-corrected chi connectivity index (χ1v) is 6.28. The summed E-state index contributed by atoms with van der Waals surface area (Å²) in [4.78, 5) is 0. The zero-order valence-electron chi connectivity index (χ0n) is 11.1. The third-order valence-corrected chi connectivity index (χ3v) is 3.22. The molecule has 0 aliphatic rings. The van der Waals surface area contributed by atoms with Gasteiger partial charge in [0.25, 0.3) is 0 Å². The summed E-state index contributed by atoms with van der Waals surface area (Å²) >= 11 is 6.20. The van der Waals surface area contributed by atoms with E-state index in [4.69, 9.17) is 17.3 Å². The molecule has 98 valence electrons. The average molecular weight is 268 g/mol. The lowest BCUT2D eigenvalue weighted by atomic mass is 10.1. The third-order valence-electron chi connectivity index (χ3n) is 2.93. The van der Waals surface area contributed by atoms with Crippen LogP contribution >= 0.6 is 11.6 Å². The van der Waals surface area contributed by atoms with Gasteiger partial charge in [0.05, 0.1) is 34.3 Å². The summed E-state index contributed by atoms with van der Waals surface area (Å²) in [7, 11) is 1.88. The zero-order valence-corrected chi connectivity index (χ0v) is 11.8. The number of rotatable bonds is 3. The van der Waals surface area contributed by atoms with Gasteiger partial charge in [-0.3, -0.25) is 9.36 Å². The third kappa shape index (κ3) is 2.15. The molecular weight excluding hydrogens is 250 g/mol. The van der Waals surface area contributed by atoms with Crippen LogP contribution in [0.4, 0.5) is 0 Å². The fourth-order valence-electron chi connectivity index (χ4n) is 2.11. The molecule has 1 atom stereocenters. The summed E-state index contributed by atoms with van der Waals surface area (Å²) in [5, 5.41) is 9.18. The standard InChI is InChI=1S/C12H18ClN5/c1-7(2)18-12(9(13)6-15-18)11(14)10-5-8(3)16-17(10)4/h5-7,11H,14H2,1-4H3. The van der Waals surface area contributed by atoms with E-state index in [0.29, 0.717) is 5.02 Å². The predicted octanol–water partition coefficient (Wildman–Crippen LogP) is 2.21. The molecule has 2 aromatic rings. The number of nitrogens with zero attached hydrogens (tertiary/aromatic N) is 4. The molecule has 0 aromatic carbocycles. The average Bonchev–Trinajstić information content (AvgIpc) is 2.81. The van der Waals surface area contributed by atoms with Crippen LogP contribution in [-0.4, -0.2) is 19.6 Å². The second-order valence-electron chi connectivity index (χ2n) is 4.73. The molecular formula is C12H18ClN5. The maximum Gasteiger partial charge on any atom is 0.0909 e. The molecule has 0 saturated carbocycles. The lowest BCUT2D eigenvalue weighted by Gasteiger charge is -2.17. The van der Waals surface area contributed by atoms with Gasteiger partial charge in [0, 0.05) is 13.1 Å². The van der Waals surface area contributed by atoms with Crippen LogP contribution < -0.4 is 5.73 Å². The number of nitrogens with two attached hydrogens (primary N) is 1. The van der Waals surface area contributed by atoms with E-state index in [1.807, 2.05) is 38.6 Å². The van der Waals surface area contributed by atoms with Crippen molar-refractivity contribution in [1.82, 2.24) is 19.6 Å². The maximum absolute atomic E-state index is 6.31. The van der Waals surface area contributed by atoms with Crippen molar-refractivity contribution in [1.29, 1.82) is 0 Å². The molecule has 0 fully saturated rings. The highest BCUT2D eigenvalue weighted by Gasteiger charge is 2.22. The molecule has 6 heteroatoms. The molecule has 18 heavy (non-hydrogen) atoms. The van der Waals surface area contributed by atoms with Crippen LogP contribution in [0.3, 0.4) is 0 Å². The molecule has 2 aromatic heterocycles. The van der Waals surface area contributed by atoms with Crippen LogP contribution in [0.2, 0.25) is 5.02 Å². The van der Waals surface area contributed by atoms with Crippen LogP contribution in [-0.2, 0) is 7.05 Å². The molecule has 5 nitrogen and oxygen atoms in total. The summed E-state index contributed by atoms with van der Waals surface area (Å²) in [5.41, 5.74) is 9.00. The Hall–Kier alpha value is -1.33. The minimum atomic E-state index is -0.325. The SMILES string of the molecule is Cc1cc(C(N)c2c(Cl)cnn2C(C)C)n(C)n1. The molecule has 0 spiro atoms. The van der Waals surface area contributed by atoms with Crippen LogP contribution in [0.5, 0.6) is 0 Å². The van der Waals surface area contributed by atoms with Gasteiger partial charge in [-0.05, 0) is 26.8 Å². The second-order valence-corrected chi connectivity index (χ2v) is 5.14. The summed E-state index contributed by atoms with van der Waals surface area (Å²) in [6.45, 7) is 6.04. The summed E-state index contributed by atoms with van der Waals surface area (Å²) in [6.07, 6.45) is 1.64. The van der Waals surface area contributed by atoms with E-state index in [2.05, 4.69) is 10.2 Å². The maximum atomic E-state index is 6.31. The molecule has 2 heterocycles. The van der Waals surface area contributed by atoms with Crippen molar-refractivity contribution in [3.8, 4) is 0 Å². The van der Waals surface area contributed by atoms with Gasteiger partial charge in [-0.25, -0.2) is 0 Å². The number of aromatic nitrogens is 4. The summed E-state index contributed by atoms with van der Waals surface area (Å²) < 4.78 is 3.64. The van der Waals surface area contributed by atoms with E-state index in [-0.39, 0.29) is 12.1 Å². The van der Waals surface area contributed by atoms with E-state index >= 15 is 0 Å². The normalized spacial score (nSPS) is 13.3. The minimum absolute atomic E-state index is 0.216. The van der Waals surface area contributed by atoms with Crippen molar-refractivity contribution in [2.45, 2.75) is 32.9 Å². The van der Waals surface area contributed by atoms with Crippen molar-refractivity contribution >= 4 is 11.6 Å². The Kier molecular flexibility index (Phi) is 3.45. The monoisotopic (exact) mass is 267 g/mol. The number of halogens is 1. The molecule has 0 bridgehead atoms. The van der Waals surface area contributed by atoms with E-state index in [9.17, 15) is 0 Å². The topological polar surface area (TPSA) is 61.7 Å². The van der Waals surface area contributed by atoms with Crippen molar-refractivity contribution in [3.63, 3.8) is 0 Å². The molecule has 1 unspecified atom stereocenters. The zero-order chi connectivity index (χ0) is 13.4. The van der Waals surface area contributed by atoms with E-state index in [1.165, 1.54) is 0 Å². The smallest absolute Gasteiger partial charge is 0.0909 e. The van der Waals surface area contributed by atoms with Gasteiger partial charge in [-0.2, -0.15) is 10.2 Å². The van der Waals surface area contributed by atoms with Gasteiger partial charge >= 0.3 is 0 Å². The van der Waals surface area contributed by atoms with Gasteiger partial charge in [-0.1, -0.05) is 11.6 Å². The van der Waals surface area contributed by atoms with Crippen LogP contribution in [0.1, 0.15) is 43.0 Å². The molecule has 0 amide bonds. The fraction of sp³-hybridized carbons (Fsp3) is 0.500. The molecule has 2 N–H and O–H groups in total. The van der Waals surface area contributed by atoms with E-state index in [1.54, 1.807) is 10.9 Å². The van der Waals surface area contributed by atoms with Crippen molar-refractivity contribution < 1.29 is 0 Å². The summed E-state index contributed by atoms with van der Waals surface area (Å²) in [5.74, 6) is 0. The number of hydrogen-bond acceptors (Lipinski definition) is 3. The predicted molar refractivity (Wildman–Crippen MR) is 71.6 cm³/mol. The highest BCUT2D eigenvalue weighted by atomic mass is 35.5. The first-order valence-electron chi connectivity index (χ1n) is 5.90. The Balaban J connectivity index is 2.48. The van der Waals surface area contributed by atoms with Gasteiger partial charge < -0.3 is 5.73 Å². The Bertz CT molecular complexity index is 555. The van der Waals surface area contributed by atoms with Crippen molar-refractivity contribution in [2.24, 2.45) is 12.8 Å². The Labute approximate surface area is 112 Å². The van der Waals surface area contributed by atoms with Gasteiger partial charge in [0.15, 0.2) is 0 Å². The van der Waals surface area contributed by atoms with Gasteiger partial charge in [0.2, 0.25) is 0 Å². The second kappa shape index (κ2) is 4.74. The lowest BCUT2D eigenvalue weighted by Crippen LogP contribution is -2.21. The molecule has 0 saturated heterocycles. The van der Waals surface area contributed by atoms with E-state index in [0.717, 1.165) is 17.1 Å². The number of hydrogen-bond donors (Lipinski definition) is 1. The Morgan fingerprint density at radius 2 is 2.06 bits per heavy atom. The fourth-order valence-corrected chi connectivity index (χ4v) is 2.36. The van der Waals surface area contributed by atoms with Crippen LogP contribution in [0, 0.1) is 6.92 Å². The molecule has 0 radical (unpaired) electrons. The van der Waals surface area contributed by atoms with Crippen LogP contribution in [0.15, 0.2) is 12.3 Å². The highest BCUT2D eigenvalue weighted by molar-refractivity contribution is 6.31. The van der Waals surface area contributed by atoms with E-state index < -0.39 is 0 Å². The molecule has 0 aliphatic heterocycles. The Morgan fingerprint density at radius 3 is 2.56 bits per heavy atom. The minimum Gasteiger partial charge on any atom is -0.318 e. The molecule has 2 rings (SSSR count). The van der Waals surface area contributed by atoms with Gasteiger partial charge in [-0.15, -0.1) is 0 Å². The largest absolute Gasteiger partial charge is 0.318 e. The first-order chi connectivity index (χ1) is 8.41. The van der Waals surface area contributed by atoms with Crippen molar-refractivity contribution in [3.05, 3.63) is 34.4 Å². The Morgan fingerprint density at radius 1 is 1.39 bits per heavy atom. The van der Waals surface area contributed by atoms with Crippen molar-refractivity contribution in [2.75, 3.05) is 0 Å². The molecule has 0 aliphatic carbocycles. The van der Waals surface area contributed by atoms with Gasteiger partial charge in [0.1, 0.15) is 0 Å². The summed E-state index contributed by atoms with van der Waals surface area (Å²) in [6, 6.07) is 1.86. The van der Waals surface area contributed by atoms with Crippen LogP contribution in [0.25, 0.3) is 0 Å².